The van der Waals surface area contributed by atoms with Gasteiger partial charge in [-0.25, -0.2) is 0 Å². The van der Waals surface area contributed by atoms with Gasteiger partial charge in [-0.15, -0.1) is 0 Å². The van der Waals surface area contributed by atoms with Gasteiger partial charge in [0.1, 0.15) is 6.23 Å². The molecule has 1 aromatic rings. The molecule has 0 aliphatic heterocycles. The Labute approximate surface area is 77.3 Å². The summed E-state index contributed by atoms with van der Waals surface area (Å²) in [6, 6.07) is 7.61. The molecule has 1 atom stereocenters. The quantitative estimate of drug-likeness (QED) is 0.490. The summed E-state index contributed by atoms with van der Waals surface area (Å²) in [4.78, 5) is 0. The van der Waals surface area contributed by atoms with Crippen LogP contribution in [0, 0.1) is 6.92 Å². The zero-order valence-electron chi connectivity index (χ0n) is 7.44. The van der Waals surface area contributed by atoms with Crippen LogP contribution in [0.5, 0.6) is 0 Å². The molecule has 0 fully saturated rings. The summed E-state index contributed by atoms with van der Waals surface area (Å²) in [7, 11) is 0. The minimum atomic E-state index is -0.854. The van der Waals surface area contributed by atoms with Crippen LogP contribution in [0.3, 0.4) is 0 Å². The SMILES string of the molecule is Cc1ccc(NC(O)C=CO)cc1. The Morgan fingerprint density at radius 2 is 1.92 bits per heavy atom. The highest BCUT2D eigenvalue weighted by atomic mass is 16.3. The Hall–Kier alpha value is -1.48. The standard InChI is InChI=1S/C10H13NO2/c1-8-2-4-9(5-3-8)11-10(13)6-7-12/h2-7,10-13H,1H3. The van der Waals surface area contributed by atoms with Crippen LogP contribution in [-0.4, -0.2) is 16.4 Å². The van der Waals surface area contributed by atoms with Gasteiger partial charge >= 0.3 is 0 Å². The van der Waals surface area contributed by atoms with Crippen molar-refractivity contribution < 1.29 is 10.2 Å². The molecule has 0 bridgehead atoms. The zero-order chi connectivity index (χ0) is 9.68. The Bertz CT molecular complexity index is 279. The molecule has 0 heterocycles. The number of hydrogen-bond acceptors (Lipinski definition) is 3. The molecular weight excluding hydrogens is 166 g/mol. The molecule has 0 aliphatic carbocycles. The maximum absolute atomic E-state index is 9.21. The highest BCUT2D eigenvalue weighted by Gasteiger charge is 1.97. The minimum Gasteiger partial charge on any atom is -0.516 e. The van der Waals surface area contributed by atoms with Crippen LogP contribution in [0.4, 0.5) is 5.69 Å². The van der Waals surface area contributed by atoms with Crippen molar-refractivity contribution >= 4 is 5.69 Å². The predicted octanol–water partition coefficient (Wildman–Crippen LogP) is 1.80. The molecule has 0 spiro atoms. The summed E-state index contributed by atoms with van der Waals surface area (Å²) in [6.45, 7) is 1.99. The monoisotopic (exact) mass is 179 g/mol. The minimum absolute atomic E-state index is 0.811. The van der Waals surface area contributed by atoms with Crippen molar-refractivity contribution in [1.82, 2.24) is 0 Å². The molecule has 1 rings (SSSR count). The second kappa shape index (κ2) is 4.52. The smallest absolute Gasteiger partial charge is 0.147 e. The number of anilines is 1. The van der Waals surface area contributed by atoms with Crippen molar-refractivity contribution in [2.24, 2.45) is 0 Å². The molecule has 0 aliphatic rings. The summed E-state index contributed by atoms with van der Waals surface area (Å²) >= 11 is 0. The summed E-state index contributed by atoms with van der Waals surface area (Å²) in [5, 5.41) is 20.4. The van der Waals surface area contributed by atoms with Gasteiger partial charge in [0.25, 0.3) is 0 Å². The first-order chi connectivity index (χ1) is 6.22. The Balaban J connectivity index is 2.59. The zero-order valence-corrected chi connectivity index (χ0v) is 7.44. The van der Waals surface area contributed by atoms with Gasteiger partial charge in [0.15, 0.2) is 0 Å². The van der Waals surface area contributed by atoms with Crippen molar-refractivity contribution in [2.45, 2.75) is 13.2 Å². The fourth-order valence-corrected chi connectivity index (χ4v) is 0.950. The van der Waals surface area contributed by atoms with Crippen LogP contribution in [0.15, 0.2) is 36.6 Å². The van der Waals surface area contributed by atoms with Crippen LogP contribution in [0.2, 0.25) is 0 Å². The molecular formula is C10H13NO2. The van der Waals surface area contributed by atoms with Crippen LogP contribution in [-0.2, 0) is 0 Å². The van der Waals surface area contributed by atoms with Crippen LogP contribution >= 0.6 is 0 Å². The molecule has 3 nitrogen and oxygen atoms in total. The fraction of sp³-hybridized carbons (Fsp3) is 0.200. The van der Waals surface area contributed by atoms with E-state index in [2.05, 4.69) is 5.32 Å². The van der Waals surface area contributed by atoms with Crippen molar-refractivity contribution in [3.05, 3.63) is 42.2 Å². The van der Waals surface area contributed by atoms with Crippen molar-refractivity contribution in [2.75, 3.05) is 5.32 Å². The number of hydrogen-bond donors (Lipinski definition) is 3. The molecule has 0 amide bonds. The first-order valence-corrected chi connectivity index (χ1v) is 4.04. The van der Waals surface area contributed by atoms with Gasteiger partial charge in [0.05, 0.1) is 6.26 Å². The lowest BCUT2D eigenvalue weighted by Crippen LogP contribution is -2.15. The Kier molecular flexibility index (Phi) is 3.34. The molecule has 1 unspecified atom stereocenters. The topological polar surface area (TPSA) is 52.5 Å². The molecule has 13 heavy (non-hydrogen) atoms. The predicted molar refractivity (Wildman–Crippen MR) is 52.6 cm³/mol. The van der Waals surface area contributed by atoms with E-state index in [9.17, 15) is 5.11 Å². The number of aliphatic hydroxyl groups excluding tert-OH is 2. The molecule has 3 heteroatoms. The molecule has 0 saturated carbocycles. The average molecular weight is 179 g/mol. The Morgan fingerprint density at radius 3 is 2.46 bits per heavy atom. The molecule has 0 radical (unpaired) electrons. The lowest BCUT2D eigenvalue weighted by atomic mass is 10.2. The van der Waals surface area contributed by atoms with Gasteiger partial charge in [-0.05, 0) is 25.1 Å². The van der Waals surface area contributed by atoms with E-state index in [0.29, 0.717) is 0 Å². The number of rotatable bonds is 3. The van der Waals surface area contributed by atoms with E-state index in [0.717, 1.165) is 17.5 Å². The molecule has 0 saturated heterocycles. The van der Waals surface area contributed by atoms with Crippen LogP contribution in [0.25, 0.3) is 0 Å². The number of nitrogens with one attached hydrogen (secondary N) is 1. The first kappa shape index (κ1) is 9.61. The third-order valence-corrected chi connectivity index (χ3v) is 1.63. The number of aryl methyl sites for hydroxylation is 1. The van der Waals surface area contributed by atoms with Crippen LogP contribution < -0.4 is 5.32 Å². The fourth-order valence-electron chi connectivity index (χ4n) is 0.950. The van der Waals surface area contributed by atoms with Crippen molar-refractivity contribution in [1.29, 1.82) is 0 Å². The van der Waals surface area contributed by atoms with Gasteiger partial charge in [-0.1, -0.05) is 17.7 Å². The third-order valence-electron chi connectivity index (χ3n) is 1.63. The summed E-state index contributed by atoms with van der Waals surface area (Å²) in [5.41, 5.74) is 1.98. The normalized spacial score (nSPS) is 13.1. The lowest BCUT2D eigenvalue weighted by Gasteiger charge is -2.09. The first-order valence-electron chi connectivity index (χ1n) is 4.04. The largest absolute Gasteiger partial charge is 0.516 e. The van der Waals surface area contributed by atoms with Gasteiger partial charge < -0.3 is 15.5 Å². The molecule has 1 aromatic carbocycles. The van der Waals surface area contributed by atoms with Crippen molar-refractivity contribution in [3.63, 3.8) is 0 Å². The molecule has 0 aromatic heterocycles. The number of benzene rings is 1. The van der Waals surface area contributed by atoms with E-state index in [1.165, 1.54) is 6.08 Å². The van der Waals surface area contributed by atoms with Crippen molar-refractivity contribution in [3.8, 4) is 0 Å². The summed E-state index contributed by atoms with van der Waals surface area (Å²) < 4.78 is 0. The van der Waals surface area contributed by atoms with Gasteiger partial charge in [-0.3, -0.25) is 0 Å². The maximum atomic E-state index is 9.21. The highest BCUT2D eigenvalue weighted by molar-refractivity contribution is 5.45. The lowest BCUT2D eigenvalue weighted by molar-refractivity contribution is 0.248. The second-order valence-corrected chi connectivity index (χ2v) is 2.80. The van der Waals surface area contributed by atoms with E-state index in [1.807, 2.05) is 31.2 Å². The van der Waals surface area contributed by atoms with E-state index in [1.54, 1.807) is 0 Å². The van der Waals surface area contributed by atoms with E-state index < -0.39 is 6.23 Å². The molecule has 3 N–H and O–H groups in total. The summed E-state index contributed by atoms with van der Waals surface area (Å²) in [5.74, 6) is 0. The van der Waals surface area contributed by atoms with Gasteiger partial charge in [0, 0.05) is 5.69 Å². The summed E-state index contributed by atoms with van der Waals surface area (Å²) in [6.07, 6.45) is 1.21. The van der Waals surface area contributed by atoms with E-state index >= 15 is 0 Å². The average Bonchev–Trinajstić information content (AvgIpc) is 2.09. The second-order valence-electron chi connectivity index (χ2n) is 2.80. The van der Waals surface area contributed by atoms with Gasteiger partial charge in [-0.2, -0.15) is 0 Å². The molecule has 70 valence electrons. The number of aliphatic hydroxyl groups is 2. The van der Waals surface area contributed by atoms with E-state index in [-0.39, 0.29) is 0 Å². The maximum Gasteiger partial charge on any atom is 0.147 e. The van der Waals surface area contributed by atoms with E-state index in [4.69, 9.17) is 5.11 Å². The Morgan fingerprint density at radius 1 is 1.31 bits per heavy atom. The third kappa shape index (κ3) is 3.17. The highest BCUT2D eigenvalue weighted by Crippen LogP contribution is 2.09. The van der Waals surface area contributed by atoms with Crippen LogP contribution in [0.1, 0.15) is 5.56 Å². The van der Waals surface area contributed by atoms with Gasteiger partial charge in [0.2, 0.25) is 0 Å².